The lowest BCUT2D eigenvalue weighted by atomic mass is 9.94. The Hall–Kier alpha value is -7.03. The molecule has 1 heterocycles. The molecular weight excluding hydrogens is 689 g/mol. The number of benzene rings is 7. The molecule has 0 unspecified atom stereocenters. The molecule has 1 aliphatic rings. The van der Waals surface area contributed by atoms with Gasteiger partial charge in [0.25, 0.3) is 0 Å². The second kappa shape index (κ2) is 15.6. The van der Waals surface area contributed by atoms with Gasteiger partial charge in [-0.15, -0.1) is 0 Å². The molecule has 0 saturated heterocycles. The topological polar surface area (TPSA) is 16.1 Å². The number of fused-ring (bicyclic) bond motifs is 4. The van der Waals surface area contributed by atoms with Crippen LogP contribution in [-0.2, 0) is 0 Å². The van der Waals surface area contributed by atoms with Crippen LogP contribution in [0, 0.1) is 13.8 Å². The predicted molar refractivity (Wildman–Crippen MR) is 244 cm³/mol. The summed E-state index contributed by atoms with van der Waals surface area (Å²) in [4.78, 5) is 6.99. The van der Waals surface area contributed by atoms with Gasteiger partial charge in [-0.25, -0.2) is 0 Å². The van der Waals surface area contributed by atoms with Gasteiger partial charge in [0.15, 0.2) is 0 Å². The summed E-state index contributed by atoms with van der Waals surface area (Å²) in [7, 11) is 0. The first-order valence-corrected chi connectivity index (χ1v) is 19.8. The molecule has 274 valence electrons. The van der Waals surface area contributed by atoms with Crippen molar-refractivity contribution in [3.05, 3.63) is 227 Å². The van der Waals surface area contributed by atoms with Gasteiger partial charge in [-0.1, -0.05) is 170 Å². The number of allylic oxidation sites excluding steroid dienone is 3. The zero-order chi connectivity index (χ0) is 38.7. The van der Waals surface area contributed by atoms with E-state index < -0.39 is 0 Å². The largest absolute Gasteiger partial charge is 0.310 e. The van der Waals surface area contributed by atoms with Crippen LogP contribution in [0.5, 0.6) is 0 Å². The van der Waals surface area contributed by atoms with E-state index in [1.807, 2.05) is 18.5 Å². The monoisotopic (exact) mass is 732 g/mol. The van der Waals surface area contributed by atoms with Crippen molar-refractivity contribution in [2.75, 3.05) is 4.90 Å². The lowest BCUT2D eigenvalue weighted by Gasteiger charge is -2.29. The molecule has 0 aliphatic heterocycles. The zero-order valence-electron chi connectivity index (χ0n) is 32.7. The van der Waals surface area contributed by atoms with E-state index in [1.165, 1.54) is 72.0 Å². The molecule has 9 rings (SSSR count). The molecule has 1 aromatic heterocycles. The van der Waals surface area contributed by atoms with Gasteiger partial charge in [0.2, 0.25) is 0 Å². The van der Waals surface area contributed by atoms with Crippen LogP contribution in [0.1, 0.15) is 52.3 Å². The second-order valence-corrected chi connectivity index (χ2v) is 14.8. The zero-order valence-corrected chi connectivity index (χ0v) is 32.7. The highest BCUT2D eigenvalue weighted by molar-refractivity contribution is 6.05. The first-order valence-electron chi connectivity index (χ1n) is 19.8. The standard InChI is InChI=1S/C55H44N2/c1-4-40(41-16-6-5-7-17-41)35-43-28-30-45(36-53(43)44-19-15-33-56-37-44)57(54-31-27-38(2)34-39(54)3)55-32-29-42(46-20-8-13-25-52(46)55)18-14-26-51-49-23-11-9-21-47(49)48-22-10-12-24-50(48)51/h5-37H,4H2,1-3H3/b18-14+,40-35-. The van der Waals surface area contributed by atoms with Crippen molar-refractivity contribution >= 4 is 51.1 Å². The molecular formula is C55H44N2. The Bertz CT molecular complexity index is 2790. The maximum atomic E-state index is 4.55. The van der Waals surface area contributed by atoms with E-state index in [1.54, 1.807) is 0 Å². The maximum absolute atomic E-state index is 4.55. The van der Waals surface area contributed by atoms with Crippen LogP contribution in [-0.4, -0.2) is 4.98 Å². The van der Waals surface area contributed by atoms with Crippen molar-refractivity contribution in [2.45, 2.75) is 27.2 Å². The fourth-order valence-electron chi connectivity index (χ4n) is 8.40. The first kappa shape index (κ1) is 35.7. The van der Waals surface area contributed by atoms with Crippen molar-refractivity contribution in [1.82, 2.24) is 4.98 Å². The Morgan fingerprint density at radius 2 is 1.25 bits per heavy atom. The van der Waals surface area contributed by atoms with Gasteiger partial charge >= 0.3 is 0 Å². The molecule has 1 aliphatic carbocycles. The Labute approximate surface area is 336 Å². The van der Waals surface area contributed by atoms with Gasteiger partial charge in [-0.2, -0.15) is 0 Å². The summed E-state index contributed by atoms with van der Waals surface area (Å²) in [5, 5.41) is 2.39. The Morgan fingerprint density at radius 3 is 1.95 bits per heavy atom. The SMILES string of the molecule is CC/C(=C/c1ccc(N(c2ccc(C)cc2C)c2ccc(/C=C/C=C3c4ccccc4-c4ccccc43)c3ccccc23)cc1-c1cccnc1)c1ccccc1. The lowest BCUT2D eigenvalue weighted by molar-refractivity contribution is 1.24. The average molecular weight is 733 g/mol. The van der Waals surface area contributed by atoms with Gasteiger partial charge in [0, 0.05) is 34.7 Å². The summed E-state index contributed by atoms with van der Waals surface area (Å²) in [6, 6.07) is 59.3. The summed E-state index contributed by atoms with van der Waals surface area (Å²) >= 11 is 0. The molecule has 8 aromatic rings. The smallest absolute Gasteiger partial charge is 0.0540 e. The van der Waals surface area contributed by atoms with Crippen LogP contribution in [0.4, 0.5) is 17.1 Å². The van der Waals surface area contributed by atoms with E-state index in [-0.39, 0.29) is 0 Å². The van der Waals surface area contributed by atoms with Crippen molar-refractivity contribution < 1.29 is 0 Å². The Kier molecular flexibility index (Phi) is 9.76. The Balaban J connectivity index is 1.18. The van der Waals surface area contributed by atoms with E-state index in [0.717, 1.165) is 34.6 Å². The fraction of sp³-hybridized carbons (Fsp3) is 0.0727. The highest BCUT2D eigenvalue weighted by Crippen LogP contribution is 2.45. The highest BCUT2D eigenvalue weighted by atomic mass is 15.1. The number of hydrogen-bond acceptors (Lipinski definition) is 2. The molecule has 2 heteroatoms. The third-order valence-electron chi connectivity index (χ3n) is 11.2. The molecule has 7 aromatic carbocycles. The second-order valence-electron chi connectivity index (χ2n) is 14.8. The number of aromatic nitrogens is 1. The van der Waals surface area contributed by atoms with Crippen LogP contribution >= 0.6 is 0 Å². The molecule has 57 heavy (non-hydrogen) atoms. The van der Waals surface area contributed by atoms with Crippen LogP contribution < -0.4 is 4.90 Å². The Morgan fingerprint density at radius 1 is 0.579 bits per heavy atom. The quantitative estimate of drug-likeness (QED) is 0.137. The van der Waals surface area contributed by atoms with Crippen LogP contribution in [0.3, 0.4) is 0 Å². The lowest BCUT2D eigenvalue weighted by Crippen LogP contribution is -2.12. The summed E-state index contributed by atoms with van der Waals surface area (Å²) in [5.74, 6) is 0. The number of anilines is 3. The van der Waals surface area contributed by atoms with E-state index in [9.17, 15) is 0 Å². The van der Waals surface area contributed by atoms with Gasteiger partial charge in [-0.05, 0) is 117 Å². The molecule has 0 bridgehead atoms. The van der Waals surface area contributed by atoms with Crippen LogP contribution in [0.2, 0.25) is 0 Å². The highest BCUT2D eigenvalue weighted by Gasteiger charge is 2.22. The fourth-order valence-corrected chi connectivity index (χ4v) is 8.40. The van der Waals surface area contributed by atoms with Gasteiger partial charge in [-0.3, -0.25) is 4.98 Å². The number of pyridine rings is 1. The molecule has 0 saturated carbocycles. The molecule has 0 radical (unpaired) electrons. The molecule has 0 spiro atoms. The molecule has 0 atom stereocenters. The summed E-state index contributed by atoms with van der Waals surface area (Å²) in [6.07, 6.45) is 13.8. The number of nitrogens with zero attached hydrogens (tertiary/aromatic N) is 2. The van der Waals surface area contributed by atoms with Crippen molar-refractivity contribution in [3.8, 4) is 22.3 Å². The first-order chi connectivity index (χ1) is 28.1. The predicted octanol–water partition coefficient (Wildman–Crippen LogP) is 15.1. The minimum atomic E-state index is 0.928. The van der Waals surface area contributed by atoms with E-state index >= 15 is 0 Å². The van der Waals surface area contributed by atoms with Crippen molar-refractivity contribution in [3.63, 3.8) is 0 Å². The third kappa shape index (κ3) is 6.92. The summed E-state index contributed by atoms with van der Waals surface area (Å²) in [6.45, 7) is 6.61. The number of hydrogen-bond donors (Lipinski definition) is 0. The number of aryl methyl sites for hydroxylation is 2. The van der Waals surface area contributed by atoms with Gasteiger partial charge in [0.1, 0.15) is 0 Å². The molecule has 0 amide bonds. The van der Waals surface area contributed by atoms with E-state index in [0.29, 0.717) is 0 Å². The minimum Gasteiger partial charge on any atom is -0.310 e. The van der Waals surface area contributed by atoms with Crippen LogP contribution in [0.25, 0.3) is 56.3 Å². The number of rotatable bonds is 9. The maximum Gasteiger partial charge on any atom is 0.0540 e. The van der Waals surface area contributed by atoms with Gasteiger partial charge < -0.3 is 4.90 Å². The van der Waals surface area contributed by atoms with Gasteiger partial charge in [0.05, 0.1) is 5.69 Å². The molecule has 2 nitrogen and oxygen atoms in total. The van der Waals surface area contributed by atoms with Crippen molar-refractivity contribution in [2.24, 2.45) is 0 Å². The van der Waals surface area contributed by atoms with Crippen LogP contribution in [0.15, 0.2) is 188 Å². The van der Waals surface area contributed by atoms with E-state index in [2.05, 4.69) is 213 Å². The summed E-state index contributed by atoms with van der Waals surface area (Å²) in [5.41, 5.74) is 19.4. The van der Waals surface area contributed by atoms with Crippen molar-refractivity contribution in [1.29, 1.82) is 0 Å². The average Bonchev–Trinajstić information content (AvgIpc) is 3.58. The molecule has 0 N–H and O–H groups in total. The normalized spacial score (nSPS) is 12.2. The summed E-state index contributed by atoms with van der Waals surface area (Å²) < 4.78 is 0. The van der Waals surface area contributed by atoms with E-state index in [4.69, 9.17) is 0 Å². The third-order valence-corrected chi connectivity index (χ3v) is 11.2. The minimum absolute atomic E-state index is 0.928. The molecule has 0 fully saturated rings.